The Morgan fingerprint density at radius 2 is 1.97 bits per heavy atom. The molecule has 1 aromatic heterocycles. The van der Waals surface area contributed by atoms with E-state index < -0.39 is 0 Å². The lowest BCUT2D eigenvalue weighted by Crippen LogP contribution is -2.35. The quantitative estimate of drug-likeness (QED) is 0.175. The summed E-state index contributed by atoms with van der Waals surface area (Å²) in [6, 6.07) is 3.83. The number of nitrogens with one attached hydrogen (secondary N) is 3. The van der Waals surface area contributed by atoms with Gasteiger partial charge in [0.25, 0.3) is 0 Å². The van der Waals surface area contributed by atoms with Crippen molar-refractivity contribution >= 4 is 40.2 Å². The summed E-state index contributed by atoms with van der Waals surface area (Å²) in [6.45, 7) is 4.83. The van der Waals surface area contributed by atoms with Gasteiger partial charge in [0, 0.05) is 38.0 Å². The van der Waals surface area contributed by atoms with Crippen LogP contribution in [0, 0.1) is 5.92 Å². The Hall–Kier alpha value is -2.43. The molecule has 2 aromatic rings. The molecule has 188 valence electrons. The highest BCUT2D eigenvalue weighted by Gasteiger charge is 2.24. The molecule has 0 radical (unpaired) electrons. The van der Waals surface area contributed by atoms with E-state index in [1.54, 1.807) is 11.8 Å². The highest BCUT2D eigenvalue weighted by atomic mass is 32.2. The van der Waals surface area contributed by atoms with Crippen LogP contribution in [0.15, 0.2) is 17.2 Å². The van der Waals surface area contributed by atoms with E-state index in [0.29, 0.717) is 37.6 Å². The van der Waals surface area contributed by atoms with E-state index in [1.807, 2.05) is 12.1 Å². The second-order valence-corrected chi connectivity index (χ2v) is 9.50. The van der Waals surface area contributed by atoms with Gasteiger partial charge in [0.1, 0.15) is 18.0 Å². The molecule has 1 aromatic carbocycles. The third-order valence-electron chi connectivity index (χ3n) is 6.47. The van der Waals surface area contributed by atoms with Crippen molar-refractivity contribution in [2.24, 2.45) is 11.8 Å². The highest BCUT2D eigenvalue weighted by Crippen LogP contribution is 2.41. The van der Waals surface area contributed by atoms with Gasteiger partial charge in [-0.05, 0) is 62.0 Å². The van der Waals surface area contributed by atoms with E-state index >= 15 is 0 Å². The maximum atomic E-state index is 12.0. The topological polar surface area (TPSA) is 133 Å². The van der Waals surface area contributed by atoms with Crippen molar-refractivity contribution in [3.05, 3.63) is 17.7 Å². The third kappa shape index (κ3) is 6.58. The zero-order chi connectivity index (χ0) is 24.5. The number of piperidine rings is 1. The van der Waals surface area contributed by atoms with Crippen LogP contribution in [0.25, 0.3) is 10.9 Å². The van der Waals surface area contributed by atoms with E-state index in [-0.39, 0.29) is 18.4 Å². The number of H-pyrrole nitrogens is 1. The number of phenols is 1. The summed E-state index contributed by atoms with van der Waals surface area (Å²) in [7, 11) is 0. The molecule has 3 rings (SSSR count). The molecule has 10 heteroatoms. The second-order valence-electron chi connectivity index (χ2n) is 8.68. The van der Waals surface area contributed by atoms with Crippen LogP contribution in [0.4, 0.5) is 5.69 Å². The zero-order valence-electron chi connectivity index (χ0n) is 20.1. The molecule has 6 N–H and O–H groups in total. The van der Waals surface area contributed by atoms with Gasteiger partial charge >= 0.3 is 0 Å². The van der Waals surface area contributed by atoms with Gasteiger partial charge in [-0.3, -0.25) is 14.4 Å². The van der Waals surface area contributed by atoms with Gasteiger partial charge in [-0.1, -0.05) is 6.92 Å². The first-order valence-electron chi connectivity index (χ1n) is 12.0. The highest BCUT2D eigenvalue weighted by molar-refractivity contribution is 7.98. The van der Waals surface area contributed by atoms with Crippen LogP contribution in [-0.2, 0) is 20.8 Å². The van der Waals surface area contributed by atoms with E-state index in [9.17, 15) is 14.7 Å². The van der Waals surface area contributed by atoms with Crippen molar-refractivity contribution < 1.29 is 19.5 Å². The molecule has 9 nitrogen and oxygen atoms in total. The molecule has 1 saturated heterocycles. The first kappa shape index (κ1) is 26.2. The van der Waals surface area contributed by atoms with Crippen molar-refractivity contribution in [2.45, 2.75) is 50.5 Å². The van der Waals surface area contributed by atoms with Gasteiger partial charge in [0.05, 0.1) is 10.5 Å². The van der Waals surface area contributed by atoms with Gasteiger partial charge in [0.15, 0.2) is 0 Å². The molecular formula is C24H37N5O4S. The largest absolute Gasteiger partial charge is 0.506 e. The van der Waals surface area contributed by atoms with E-state index in [2.05, 4.69) is 38.5 Å². The molecular weight excluding hydrogens is 454 g/mol. The van der Waals surface area contributed by atoms with Crippen LogP contribution in [0.5, 0.6) is 5.75 Å². The fourth-order valence-electron chi connectivity index (χ4n) is 4.67. The number of benzene rings is 1. The van der Waals surface area contributed by atoms with Crippen LogP contribution in [-0.4, -0.2) is 60.9 Å². The minimum atomic E-state index is -0.287. The van der Waals surface area contributed by atoms with Crippen molar-refractivity contribution in [1.82, 2.24) is 15.6 Å². The number of aryl methyl sites for hydroxylation is 1. The number of amides is 2. The molecule has 0 unspecified atom stereocenters. The summed E-state index contributed by atoms with van der Waals surface area (Å²) in [5.41, 5.74) is 3.24. The van der Waals surface area contributed by atoms with Crippen LogP contribution in [0.1, 0.15) is 44.6 Å². The van der Waals surface area contributed by atoms with Crippen molar-refractivity contribution in [2.75, 3.05) is 43.9 Å². The van der Waals surface area contributed by atoms with Crippen LogP contribution in [0.3, 0.4) is 0 Å². The summed E-state index contributed by atoms with van der Waals surface area (Å²) < 4.78 is 0. The van der Waals surface area contributed by atoms with Gasteiger partial charge in [-0.15, -0.1) is 11.8 Å². The van der Waals surface area contributed by atoms with Gasteiger partial charge < -0.3 is 25.6 Å². The number of nitrogens with two attached hydrogens (primary N) is 1. The van der Waals surface area contributed by atoms with Gasteiger partial charge in [-0.2, -0.15) is 0 Å². The van der Waals surface area contributed by atoms with Crippen LogP contribution >= 0.6 is 11.8 Å². The molecule has 34 heavy (non-hydrogen) atoms. The number of rotatable bonds is 12. The van der Waals surface area contributed by atoms with E-state index in [4.69, 9.17) is 5.90 Å². The third-order valence-corrected chi connectivity index (χ3v) is 7.23. The number of hydrogen-bond acceptors (Lipinski definition) is 7. The molecule has 0 bridgehead atoms. The first-order valence-corrected chi connectivity index (χ1v) is 13.2. The van der Waals surface area contributed by atoms with Crippen LogP contribution in [0.2, 0.25) is 0 Å². The fourth-order valence-corrected chi connectivity index (χ4v) is 5.37. The Kier molecular flexibility index (Phi) is 9.91. The lowest BCUT2D eigenvalue weighted by Gasteiger charge is -2.34. The Morgan fingerprint density at radius 1 is 1.24 bits per heavy atom. The van der Waals surface area contributed by atoms with Crippen LogP contribution < -0.4 is 21.4 Å². The summed E-state index contributed by atoms with van der Waals surface area (Å²) in [5.74, 6) is 5.42. The molecule has 0 saturated carbocycles. The number of fused-ring (bicyclic) bond motifs is 1. The Balaban J connectivity index is 1.44. The number of nitrogens with zero attached hydrogens (tertiary/aromatic N) is 1. The minimum absolute atomic E-state index is 0.00133. The standard InChI is InChI=1S/C24H37N5O4S/c1-3-17-18-6-7-19(30)23(22(18)28-24(17)34-2)29-13-9-16(10-14-29)8-12-27-20(31)5-4-11-26-21(32)15-33-25/h6-7,16,28,30H,3-5,8-15,25H2,1-2H3,(H,26,32)(H,27,31). The number of thioether (sulfide) groups is 1. The molecule has 1 aliphatic rings. The number of aromatic nitrogens is 1. The normalized spacial score (nSPS) is 14.5. The Labute approximate surface area is 205 Å². The number of carbonyl (C=O) groups excluding carboxylic acids is 2. The fraction of sp³-hybridized carbons (Fsp3) is 0.583. The number of phenolic OH excluding ortho intramolecular Hbond substituents is 1. The molecule has 0 aliphatic carbocycles. The predicted molar refractivity (Wildman–Crippen MR) is 136 cm³/mol. The number of carbonyl (C=O) groups is 2. The van der Waals surface area contributed by atoms with Crippen molar-refractivity contribution in [3.8, 4) is 5.75 Å². The summed E-state index contributed by atoms with van der Waals surface area (Å²) >= 11 is 1.71. The molecule has 2 amide bonds. The number of anilines is 1. The zero-order valence-corrected chi connectivity index (χ0v) is 20.9. The van der Waals surface area contributed by atoms with Gasteiger partial charge in [-0.25, -0.2) is 5.90 Å². The molecule has 1 aliphatic heterocycles. The predicted octanol–water partition coefficient (Wildman–Crippen LogP) is 2.67. The summed E-state index contributed by atoms with van der Waals surface area (Å²) in [5, 5.41) is 18.7. The van der Waals surface area contributed by atoms with Crippen molar-refractivity contribution in [3.63, 3.8) is 0 Å². The maximum absolute atomic E-state index is 12.0. The molecule has 2 heterocycles. The lowest BCUT2D eigenvalue weighted by molar-refractivity contribution is -0.126. The SMILES string of the molecule is CCc1c(SC)[nH]c2c(N3CCC(CCNC(=O)CCCNC(=O)CON)CC3)c(O)ccc12. The first-order chi connectivity index (χ1) is 16.5. The average molecular weight is 492 g/mol. The smallest absolute Gasteiger partial charge is 0.248 e. The minimum Gasteiger partial charge on any atom is -0.506 e. The molecule has 0 atom stereocenters. The van der Waals surface area contributed by atoms with E-state index in [1.165, 1.54) is 16.0 Å². The lowest BCUT2D eigenvalue weighted by atomic mass is 9.93. The summed E-state index contributed by atoms with van der Waals surface area (Å²) in [4.78, 5) is 33.3. The second kappa shape index (κ2) is 12.9. The number of aromatic hydroxyl groups is 1. The summed E-state index contributed by atoms with van der Waals surface area (Å²) in [6.07, 6.45) is 6.97. The monoisotopic (exact) mass is 491 g/mol. The van der Waals surface area contributed by atoms with Gasteiger partial charge in [0.2, 0.25) is 11.8 Å². The molecule has 0 spiro atoms. The van der Waals surface area contributed by atoms with Crippen molar-refractivity contribution in [1.29, 1.82) is 0 Å². The maximum Gasteiger partial charge on any atom is 0.248 e. The molecule has 1 fully saturated rings. The Bertz CT molecular complexity index is 972. The van der Waals surface area contributed by atoms with E-state index in [0.717, 1.165) is 50.0 Å². The average Bonchev–Trinajstić information content (AvgIpc) is 3.20. The number of aromatic amines is 1. The number of hydrogen-bond donors (Lipinski definition) is 5. The Morgan fingerprint density at radius 3 is 2.65 bits per heavy atom.